The molecule has 0 saturated heterocycles. The fourth-order valence-corrected chi connectivity index (χ4v) is 3.27. The van der Waals surface area contributed by atoms with Crippen molar-refractivity contribution >= 4 is 11.9 Å². The Labute approximate surface area is 119 Å². The number of aromatic nitrogens is 2. The van der Waals surface area contributed by atoms with E-state index in [9.17, 15) is 4.79 Å². The van der Waals surface area contributed by atoms with Crippen LogP contribution in [-0.4, -0.2) is 27.6 Å². The highest BCUT2D eigenvalue weighted by molar-refractivity contribution is 5.85. The first-order chi connectivity index (χ1) is 9.51. The quantitative estimate of drug-likeness (QED) is 0.835. The minimum absolute atomic E-state index is 0.0341. The van der Waals surface area contributed by atoms with Crippen LogP contribution >= 0.6 is 0 Å². The molecule has 0 bridgehead atoms. The van der Waals surface area contributed by atoms with Crippen molar-refractivity contribution < 1.29 is 9.90 Å². The number of aromatic carboxylic acids is 1. The predicted octanol–water partition coefficient (Wildman–Crippen LogP) is 3.19. The van der Waals surface area contributed by atoms with Gasteiger partial charge in [0.25, 0.3) is 0 Å². The molecule has 5 nitrogen and oxygen atoms in total. The van der Waals surface area contributed by atoms with Gasteiger partial charge < -0.3 is 10.4 Å². The number of carbonyl (C=O) groups is 1. The molecule has 1 aromatic heterocycles. The lowest BCUT2D eigenvalue weighted by Crippen LogP contribution is -2.29. The van der Waals surface area contributed by atoms with Crippen LogP contribution in [0.5, 0.6) is 0 Å². The first-order valence-electron chi connectivity index (χ1n) is 7.31. The van der Waals surface area contributed by atoms with Crippen LogP contribution in [0.3, 0.4) is 0 Å². The molecule has 0 unspecified atom stereocenters. The third kappa shape index (κ3) is 3.68. The largest absolute Gasteiger partial charge is 0.477 e. The summed E-state index contributed by atoms with van der Waals surface area (Å²) >= 11 is 0. The summed E-state index contributed by atoms with van der Waals surface area (Å²) in [6.07, 6.45) is 7.71. The number of nitrogens with zero attached hydrogens (tertiary/aromatic N) is 2. The predicted molar refractivity (Wildman–Crippen MR) is 77.8 cm³/mol. The highest BCUT2D eigenvalue weighted by Gasteiger charge is 2.34. The Morgan fingerprint density at radius 2 is 2.15 bits per heavy atom. The summed E-state index contributed by atoms with van der Waals surface area (Å²) < 4.78 is 0. The van der Waals surface area contributed by atoms with Crippen LogP contribution in [0, 0.1) is 11.3 Å². The number of carboxylic acids is 1. The van der Waals surface area contributed by atoms with Gasteiger partial charge in [0.15, 0.2) is 5.69 Å². The van der Waals surface area contributed by atoms with Gasteiger partial charge in [0.05, 0.1) is 0 Å². The molecule has 5 heteroatoms. The smallest absolute Gasteiger partial charge is 0.354 e. The van der Waals surface area contributed by atoms with Crippen molar-refractivity contribution in [3.63, 3.8) is 0 Å². The minimum atomic E-state index is -1.02. The van der Waals surface area contributed by atoms with E-state index in [-0.39, 0.29) is 5.69 Å². The maximum Gasteiger partial charge on any atom is 0.354 e. The molecule has 0 aromatic carbocycles. The van der Waals surface area contributed by atoms with Gasteiger partial charge >= 0.3 is 5.97 Å². The van der Waals surface area contributed by atoms with Gasteiger partial charge in [-0.3, -0.25) is 0 Å². The Morgan fingerprint density at radius 3 is 2.75 bits per heavy atom. The van der Waals surface area contributed by atoms with Crippen molar-refractivity contribution in [2.24, 2.45) is 11.3 Å². The first kappa shape index (κ1) is 14.8. The van der Waals surface area contributed by atoms with Gasteiger partial charge in [-0.1, -0.05) is 26.7 Å². The maximum absolute atomic E-state index is 10.9. The normalized spacial score (nSPS) is 17.4. The van der Waals surface area contributed by atoms with Gasteiger partial charge in [-0.05, 0) is 36.7 Å². The Kier molecular flexibility index (Phi) is 4.57. The molecule has 1 aliphatic carbocycles. The van der Waals surface area contributed by atoms with Crippen LogP contribution in [0.25, 0.3) is 0 Å². The van der Waals surface area contributed by atoms with E-state index in [1.165, 1.54) is 44.4 Å². The Morgan fingerprint density at radius 1 is 1.45 bits per heavy atom. The lowest BCUT2D eigenvalue weighted by molar-refractivity contribution is 0.0690. The van der Waals surface area contributed by atoms with Crippen molar-refractivity contribution in [2.45, 2.75) is 46.0 Å². The molecular weight excluding hydrogens is 254 g/mol. The van der Waals surface area contributed by atoms with E-state index in [2.05, 4.69) is 29.1 Å². The molecule has 0 amide bonds. The molecular formula is C15H23N3O2. The molecule has 110 valence electrons. The summed E-state index contributed by atoms with van der Waals surface area (Å²) in [5, 5.41) is 12.2. The summed E-state index contributed by atoms with van der Waals surface area (Å²) in [4.78, 5) is 19.0. The molecule has 0 radical (unpaired) electrons. The zero-order chi connectivity index (χ0) is 14.6. The molecule has 0 spiro atoms. The van der Waals surface area contributed by atoms with E-state index in [1.807, 2.05) is 0 Å². The Hall–Kier alpha value is -1.65. The van der Waals surface area contributed by atoms with E-state index in [0.717, 1.165) is 6.54 Å². The molecule has 2 N–H and O–H groups in total. The van der Waals surface area contributed by atoms with Crippen molar-refractivity contribution in [1.29, 1.82) is 0 Å². The number of rotatable bonds is 6. The molecule has 1 aromatic rings. The lowest BCUT2D eigenvalue weighted by atomic mass is 9.78. The summed E-state index contributed by atoms with van der Waals surface area (Å²) in [7, 11) is 0. The zero-order valence-electron chi connectivity index (χ0n) is 12.2. The van der Waals surface area contributed by atoms with Crippen LogP contribution < -0.4 is 5.32 Å². The van der Waals surface area contributed by atoms with E-state index < -0.39 is 5.97 Å². The van der Waals surface area contributed by atoms with Crippen molar-refractivity contribution in [3.05, 3.63) is 18.0 Å². The average Bonchev–Trinajstić information content (AvgIpc) is 2.85. The lowest BCUT2D eigenvalue weighted by Gasteiger charge is -2.31. The van der Waals surface area contributed by atoms with Crippen LogP contribution in [0.4, 0.5) is 5.95 Å². The average molecular weight is 277 g/mol. The van der Waals surface area contributed by atoms with Crippen LogP contribution in [0.2, 0.25) is 0 Å². The monoisotopic (exact) mass is 277 g/mol. The summed E-state index contributed by atoms with van der Waals surface area (Å²) in [5.74, 6) is 0.0642. The summed E-state index contributed by atoms with van der Waals surface area (Å²) in [6.45, 7) is 5.33. The van der Waals surface area contributed by atoms with Crippen molar-refractivity contribution in [2.75, 3.05) is 11.9 Å². The van der Waals surface area contributed by atoms with Crippen molar-refractivity contribution in [1.82, 2.24) is 9.97 Å². The molecule has 1 fully saturated rings. The van der Waals surface area contributed by atoms with Gasteiger partial charge in [-0.2, -0.15) is 0 Å². The van der Waals surface area contributed by atoms with Crippen LogP contribution in [0.15, 0.2) is 12.3 Å². The third-order valence-corrected chi connectivity index (χ3v) is 4.00. The van der Waals surface area contributed by atoms with E-state index >= 15 is 0 Å². The van der Waals surface area contributed by atoms with Gasteiger partial charge in [-0.25, -0.2) is 14.8 Å². The second kappa shape index (κ2) is 6.20. The van der Waals surface area contributed by atoms with Gasteiger partial charge in [0, 0.05) is 12.7 Å². The number of nitrogens with one attached hydrogen (secondary N) is 1. The number of hydrogen-bond acceptors (Lipinski definition) is 4. The number of carboxylic acid groups (broad SMARTS) is 1. The van der Waals surface area contributed by atoms with Crippen LogP contribution in [-0.2, 0) is 0 Å². The van der Waals surface area contributed by atoms with Gasteiger partial charge in [0.2, 0.25) is 5.95 Å². The zero-order valence-corrected chi connectivity index (χ0v) is 12.2. The third-order valence-electron chi connectivity index (χ3n) is 4.00. The first-order valence-corrected chi connectivity index (χ1v) is 7.31. The Balaban J connectivity index is 2.02. The second-order valence-corrected chi connectivity index (χ2v) is 6.23. The van der Waals surface area contributed by atoms with Crippen molar-refractivity contribution in [3.8, 4) is 0 Å². The maximum atomic E-state index is 10.9. The molecule has 2 rings (SSSR count). The van der Waals surface area contributed by atoms with Crippen LogP contribution in [0.1, 0.15) is 56.4 Å². The standard InChI is InChI=1S/C15H23N3O2/c1-11(2)9-15(6-3-4-7-15)10-17-14-16-8-5-12(18-14)13(19)20/h5,8,11H,3-4,6-7,9-10H2,1-2H3,(H,19,20)(H,16,17,18). The molecule has 0 aliphatic heterocycles. The summed E-state index contributed by atoms with van der Waals surface area (Å²) in [5.41, 5.74) is 0.350. The highest BCUT2D eigenvalue weighted by atomic mass is 16.4. The number of anilines is 1. The molecule has 20 heavy (non-hydrogen) atoms. The second-order valence-electron chi connectivity index (χ2n) is 6.23. The SMILES string of the molecule is CC(C)CC1(CNc2nccc(C(=O)O)n2)CCCC1. The van der Waals surface area contributed by atoms with E-state index in [0.29, 0.717) is 17.3 Å². The molecule has 0 atom stereocenters. The van der Waals surface area contributed by atoms with Gasteiger partial charge in [0.1, 0.15) is 0 Å². The van der Waals surface area contributed by atoms with Gasteiger partial charge in [-0.15, -0.1) is 0 Å². The molecule has 1 aliphatic rings. The topological polar surface area (TPSA) is 75.1 Å². The minimum Gasteiger partial charge on any atom is -0.477 e. The fourth-order valence-electron chi connectivity index (χ4n) is 3.27. The molecule has 1 heterocycles. The van der Waals surface area contributed by atoms with E-state index in [4.69, 9.17) is 5.11 Å². The van der Waals surface area contributed by atoms with E-state index in [1.54, 1.807) is 0 Å². The molecule has 1 saturated carbocycles. The highest BCUT2D eigenvalue weighted by Crippen LogP contribution is 2.43. The summed E-state index contributed by atoms with van der Waals surface area (Å²) in [6, 6.07) is 1.41. The fraction of sp³-hybridized carbons (Fsp3) is 0.667. The Bertz CT molecular complexity index is 468. The number of hydrogen-bond donors (Lipinski definition) is 2.